The summed E-state index contributed by atoms with van der Waals surface area (Å²) in [5.41, 5.74) is 3.21. The molecule has 0 saturated carbocycles. The van der Waals surface area contributed by atoms with Crippen molar-refractivity contribution < 1.29 is 19.7 Å². The Morgan fingerprint density at radius 3 is 1.66 bits per heavy atom. The lowest BCUT2D eigenvalue weighted by Crippen LogP contribution is -2.63. The first kappa shape index (κ1) is 22.6. The molecule has 4 atom stereocenters. The summed E-state index contributed by atoms with van der Waals surface area (Å²) in [6, 6.07) is 29.6. The quantitative estimate of drug-likeness (QED) is 0.542. The van der Waals surface area contributed by atoms with E-state index in [0.29, 0.717) is 26.3 Å². The van der Waals surface area contributed by atoms with Gasteiger partial charge in [0.2, 0.25) is 0 Å². The fourth-order valence-corrected chi connectivity index (χ4v) is 4.29. The number of hydrogen-bond acceptors (Lipinski definition) is 5. The molecule has 1 aliphatic rings. The van der Waals surface area contributed by atoms with Crippen molar-refractivity contribution in [2.24, 2.45) is 0 Å². The number of β-amino-alcohol motifs (C(OH)–C–C–N with tert-alkyl or cyclic N) is 1. The molecule has 0 aliphatic carbocycles. The second kappa shape index (κ2) is 11.4. The molecule has 168 valence electrons. The van der Waals surface area contributed by atoms with E-state index in [0.717, 1.165) is 16.7 Å². The number of likely N-dealkylation sites (tertiary alicyclic amines) is 1. The molecule has 3 aromatic rings. The van der Waals surface area contributed by atoms with E-state index in [2.05, 4.69) is 17.0 Å². The van der Waals surface area contributed by atoms with Gasteiger partial charge in [-0.2, -0.15) is 0 Å². The maximum atomic E-state index is 11.0. The van der Waals surface area contributed by atoms with Crippen molar-refractivity contribution in [3.8, 4) is 0 Å². The monoisotopic (exact) mass is 433 g/mol. The molecule has 0 amide bonds. The number of aliphatic hydroxyl groups is 2. The smallest absolute Gasteiger partial charge is 0.113 e. The Balaban J connectivity index is 1.53. The molecule has 5 heteroatoms. The van der Waals surface area contributed by atoms with Crippen LogP contribution in [0.3, 0.4) is 0 Å². The van der Waals surface area contributed by atoms with Crippen LogP contribution in [-0.2, 0) is 29.2 Å². The van der Waals surface area contributed by atoms with Crippen LogP contribution in [0.1, 0.15) is 16.7 Å². The Morgan fingerprint density at radius 2 is 1.16 bits per heavy atom. The molecule has 0 bridgehead atoms. The van der Waals surface area contributed by atoms with Gasteiger partial charge in [-0.1, -0.05) is 91.0 Å². The molecule has 1 saturated heterocycles. The van der Waals surface area contributed by atoms with E-state index in [1.165, 1.54) is 0 Å². The molecule has 1 fully saturated rings. The lowest BCUT2D eigenvalue weighted by Gasteiger charge is -2.46. The van der Waals surface area contributed by atoms with Crippen LogP contribution in [0, 0.1) is 0 Å². The Labute approximate surface area is 189 Å². The van der Waals surface area contributed by atoms with Gasteiger partial charge in [0.1, 0.15) is 12.2 Å². The minimum absolute atomic E-state index is 0.0792. The van der Waals surface area contributed by atoms with Gasteiger partial charge in [-0.05, 0) is 16.7 Å². The molecule has 3 aromatic carbocycles. The van der Waals surface area contributed by atoms with E-state index in [4.69, 9.17) is 9.47 Å². The molecule has 1 aliphatic heterocycles. The highest BCUT2D eigenvalue weighted by molar-refractivity contribution is 5.17. The van der Waals surface area contributed by atoms with Gasteiger partial charge in [0.15, 0.2) is 0 Å². The molecule has 0 spiro atoms. The summed E-state index contributed by atoms with van der Waals surface area (Å²) in [7, 11) is 0. The first-order valence-corrected chi connectivity index (χ1v) is 11.1. The summed E-state index contributed by atoms with van der Waals surface area (Å²) < 4.78 is 12.5. The summed E-state index contributed by atoms with van der Waals surface area (Å²) in [6.07, 6.45) is -1.74. The topological polar surface area (TPSA) is 62.2 Å². The minimum Gasteiger partial charge on any atom is -0.395 e. The predicted octanol–water partition coefficient (Wildman–Crippen LogP) is 3.39. The normalized spacial score (nSPS) is 23.8. The first-order chi connectivity index (χ1) is 15.7. The second-order valence-corrected chi connectivity index (χ2v) is 8.25. The second-order valence-electron chi connectivity index (χ2n) is 8.25. The maximum absolute atomic E-state index is 11.0. The van der Waals surface area contributed by atoms with E-state index in [1.807, 2.05) is 78.9 Å². The molecule has 0 radical (unpaired) electrons. The summed E-state index contributed by atoms with van der Waals surface area (Å²) in [4.78, 5) is 2.10. The van der Waals surface area contributed by atoms with Crippen molar-refractivity contribution >= 4 is 0 Å². The summed E-state index contributed by atoms with van der Waals surface area (Å²) in [5.74, 6) is 0. The Hall–Kier alpha value is -2.54. The van der Waals surface area contributed by atoms with Crippen molar-refractivity contribution in [3.63, 3.8) is 0 Å². The number of piperidine rings is 1. The van der Waals surface area contributed by atoms with E-state index in [-0.39, 0.29) is 12.6 Å². The van der Waals surface area contributed by atoms with Crippen LogP contribution in [0.5, 0.6) is 0 Å². The number of aliphatic hydroxyl groups excluding tert-OH is 2. The zero-order chi connectivity index (χ0) is 22.2. The van der Waals surface area contributed by atoms with Gasteiger partial charge in [0, 0.05) is 13.1 Å². The fourth-order valence-electron chi connectivity index (χ4n) is 4.29. The van der Waals surface area contributed by atoms with Gasteiger partial charge in [0.05, 0.1) is 32.0 Å². The predicted molar refractivity (Wildman–Crippen MR) is 124 cm³/mol. The van der Waals surface area contributed by atoms with Crippen molar-refractivity contribution in [2.75, 3.05) is 13.2 Å². The van der Waals surface area contributed by atoms with E-state index < -0.39 is 18.3 Å². The molecule has 0 unspecified atom stereocenters. The van der Waals surface area contributed by atoms with Crippen molar-refractivity contribution in [1.82, 2.24) is 4.90 Å². The van der Waals surface area contributed by atoms with E-state index >= 15 is 0 Å². The van der Waals surface area contributed by atoms with Gasteiger partial charge in [-0.3, -0.25) is 4.90 Å². The molecular formula is C27H31NO4. The SMILES string of the molecule is OC[C@H]1[C@@H](OCc2ccccc2)[C@H](OCc2ccccc2)[C@H](O)CN1Cc1ccccc1. The third-order valence-corrected chi connectivity index (χ3v) is 5.96. The summed E-state index contributed by atoms with van der Waals surface area (Å²) in [5, 5.41) is 21.4. The average molecular weight is 434 g/mol. The van der Waals surface area contributed by atoms with Crippen LogP contribution >= 0.6 is 0 Å². The summed E-state index contributed by atoms with van der Waals surface area (Å²) >= 11 is 0. The Kier molecular flexibility index (Phi) is 8.04. The third kappa shape index (κ3) is 5.82. The first-order valence-electron chi connectivity index (χ1n) is 11.1. The molecule has 4 rings (SSSR count). The highest BCUT2D eigenvalue weighted by atomic mass is 16.6. The number of hydrogen-bond donors (Lipinski definition) is 2. The van der Waals surface area contributed by atoms with Gasteiger partial charge in [0.25, 0.3) is 0 Å². The van der Waals surface area contributed by atoms with Gasteiger partial charge in [-0.15, -0.1) is 0 Å². The molecule has 1 heterocycles. The molecule has 0 aromatic heterocycles. The van der Waals surface area contributed by atoms with Crippen LogP contribution in [0.4, 0.5) is 0 Å². The molecule has 32 heavy (non-hydrogen) atoms. The third-order valence-electron chi connectivity index (χ3n) is 5.96. The van der Waals surface area contributed by atoms with Crippen molar-refractivity contribution in [3.05, 3.63) is 108 Å². The lowest BCUT2D eigenvalue weighted by atomic mass is 9.93. The van der Waals surface area contributed by atoms with Crippen LogP contribution in [0.2, 0.25) is 0 Å². The van der Waals surface area contributed by atoms with Crippen LogP contribution in [0.25, 0.3) is 0 Å². The fraction of sp³-hybridized carbons (Fsp3) is 0.333. The van der Waals surface area contributed by atoms with Crippen LogP contribution in [0.15, 0.2) is 91.0 Å². The number of benzene rings is 3. The Morgan fingerprint density at radius 1 is 0.688 bits per heavy atom. The highest BCUT2D eigenvalue weighted by Gasteiger charge is 2.44. The molecule has 2 N–H and O–H groups in total. The van der Waals surface area contributed by atoms with Crippen LogP contribution in [-0.4, -0.2) is 52.6 Å². The largest absolute Gasteiger partial charge is 0.395 e. The standard InChI is InChI=1S/C27H31NO4/c29-18-24-26(31-19-22-12-6-2-7-13-22)27(32-20-23-14-8-3-9-15-23)25(30)17-28(24)16-21-10-4-1-5-11-21/h1-15,24-27,29-30H,16-20H2/t24-,25+,26+,27+/m0/s1. The number of rotatable bonds is 9. The number of nitrogens with zero attached hydrogens (tertiary/aromatic N) is 1. The zero-order valence-electron chi connectivity index (χ0n) is 18.2. The van der Waals surface area contributed by atoms with Crippen LogP contribution < -0.4 is 0 Å². The summed E-state index contributed by atoms with van der Waals surface area (Å²) in [6.45, 7) is 1.72. The van der Waals surface area contributed by atoms with Gasteiger partial charge < -0.3 is 19.7 Å². The average Bonchev–Trinajstić information content (AvgIpc) is 2.84. The minimum atomic E-state index is -0.731. The highest BCUT2D eigenvalue weighted by Crippen LogP contribution is 2.27. The maximum Gasteiger partial charge on any atom is 0.113 e. The number of ether oxygens (including phenoxy) is 2. The zero-order valence-corrected chi connectivity index (χ0v) is 18.2. The molecule has 5 nitrogen and oxygen atoms in total. The van der Waals surface area contributed by atoms with Crippen molar-refractivity contribution in [2.45, 2.75) is 44.1 Å². The Bertz CT molecular complexity index is 920. The molecular weight excluding hydrogens is 402 g/mol. The van der Waals surface area contributed by atoms with E-state index in [1.54, 1.807) is 0 Å². The van der Waals surface area contributed by atoms with Gasteiger partial charge >= 0.3 is 0 Å². The van der Waals surface area contributed by atoms with Gasteiger partial charge in [-0.25, -0.2) is 0 Å². The van der Waals surface area contributed by atoms with Crippen molar-refractivity contribution in [1.29, 1.82) is 0 Å². The van der Waals surface area contributed by atoms with E-state index in [9.17, 15) is 10.2 Å². The lowest BCUT2D eigenvalue weighted by molar-refractivity contribution is -0.194.